The number of aryl methyl sites for hydroxylation is 1. The molecule has 2 aromatic rings. The van der Waals surface area contributed by atoms with Gasteiger partial charge in [-0.25, -0.2) is 4.98 Å². The van der Waals surface area contributed by atoms with Gasteiger partial charge in [0.2, 0.25) is 0 Å². The van der Waals surface area contributed by atoms with Crippen LogP contribution in [0.1, 0.15) is 11.3 Å². The monoisotopic (exact) mass is 266 g/mol. The highest BCUT2D eigenvalue weighted by Gasteiger charge is 2.06. The molecule has 0 amide bonds. The molecule has 0 atom stereocenters. The van der Waals surface area contributed by atoms with Gasteiger partial charge in [-0.2, -0.15) is 0 Å². The van der Waals surface area contributed by atoms with Crippen LogP contribution in [0.5, 0.6) is 5.75 Å². The van der Waals surface area contributed by atoms with Crippen LogP contribution in [0.25, 0.3) is 0 Å². The number of thiazole rings is 1. The molecule has 3 nitrogen and oxygen atoms in total. The maximum Gasteiger partial charge on any atom is 0.150 e. The molecular weight excluding hydrogens is 252 g/mol. The van der Waals surface area contributed by atoms with E-state index in [0.717, 1.165) is 32.8 Å². The summed E-state index contributed by atoms with van der Waals surface area (Å²) < 4.78 is 6.39. The Kier molecular flexibility index (Phi) is 3.91. The van der Waals surface area contributed by atoms with Crippen LogP contribution < -0.4 is 10.5 Å². The van der Waals surface area contributed by atoms with Gasteiger partial charge in [-0.15, -0.1) is 11.3 Å². The highest BCUT2D eigenvalue weighted by atomic mass is 32.2. The summed E-state index contributed by atoms with van der Waals surface area (Å²) in [5.74, 6) is 1.68. The molecule has 0 saturated carbocycles. The third-order valence-corrected chi connectivity index (χ3v) is 4.45. The molecule has 0 radical (unpaired) electrons. The molecule has 0 aliphatic rings. The summed E-state index contributed by atoms with van der Waals surface area (Å²) in [5, 5.41) is 2.06. The van der Waals surface area contributed by atoms with E-state index in [2.05, 4.69) is 10.4 Å². The molecule has 0 fully saturated rings. The van der Waals surface area contributed by atoms with E-state index >= 15 is 0 Å². The molecule has 2 rings (SSSR count). The summed E-state index contributed by atoms with van der Waals surface area (Å²) in [6.45, 7) is 2.00. The summed E-state index contributed by atoms with van der Waals surface area (Å²) in [6.07, 6.45) is 0. The fourth-order valence-electron chi connectivity index (χ4n) is 1.42. The smallest absolute Gasteiger partial charge is 0.150 e. The van der Waals surface area contributed by atoms with Gasteiger partial charge in [-0.1, -0.05) is 17.8 Å². The molecule has 1 heterocycles. The third kappa shape index (κ3) is 3.14. The van der Waals surface area contributed by atoms with Crippen LogP contribution in [-0.4, -0.2) is 12.1 Å². The number of methoxy groups -OCH3 is 1. The van der Waals surface area contributed by atoms with Crippen molar-refractivity contribution in [2.24, 2.45) is 0 Å². The largest absolute Gasteiger partial charge is 0.496 e. The molecule has 0 saturated heterocycles. The quantitative estimate of drug-likeness (QED) is 0.681. The molecule has 2 N–H and O–H groups in total. The molecule has 1 aromatic heterocycles. The van der Waals surface area contributed by atoms with Gasteiger partial charge >= 0.3 is 0 Å². The Hall–Kier alpha value is -1.20. The fraction of sp³-hybridized carbons (Fsp3) is 0.250. The molecule has 5 heteroatoms. The molecule has 1 aromatic carbocycles. The van der Waals surface area contributed by atoms with Crippen LogP contribution in [0, 0.1) is 6.92 Å². The van der Waals surface area contributed by atoms with Gasteiger partial charge in [0.05, 0.1) is 7.11 Å². The number of nitrogen functional groups attached to an aromatic ring is 1. The lowest BCUT2D eigenvalue weighted by atomic mass is 10.2. The van der Waals surface area contributed by atoms with Crippen molar-refractivity contribution in [1.29, 1.82) is 0 Å². The molecular formula is C12H14N2OS2. The van der Waals surface area contributed by atoms with Gasteiger partial charge in [0.15, 0.2) is 0 Å². The standard InChI is InChI=1S/C12H14N2OS2/c1-8-6-16-12(14-8)17-7-9-3-4-10(13)5-11(9)15-2/h3-6H,7,13H2,1-2H3. The number of hydrogen-bond donors (Lipinski definition) is 1. The average molecular weight is 266 g/mol. The van der Waals surface area contributed by atoms with Gasteiger partial charge in [0.25, 0.3) is 0 Å². The first kappa shape index (κ1) is 12.3. The zero-order chi connectivity index (χ0) is 12.3. The minimum absolute atomic E-state index is 0.723. The first-order chi connectivity index (χ1) is 8.19. The van der Waals surface area contributed by atoms with E-state index in [1.165, 1.54) is 0 Å². The minimum Gasteiger partial charge on any atom is -0.496 e. The molecule has 0 unspecified atom stereocenters. The van der Waals surface area contributed by atoms with Crippen molar-refractivity contribution in [2.75, 3.05) is 12.8 Å². The molecule has 0 aliphatic carbocycles. The van der Waals surface area contributed by atoms with Crippen LogP contribution in [-0.2, 0) is 5.75 Å². The summed E-state index contributed by atoms with van der Waals surface area (Å²) in [4.78, 5) is 4.41. The first-order valence-electron chi connectivity index (χ1n) is 5.16. The van der Waals surface area contributed by atoms with Crippen LogP contribution in [0.15, 0.2) is 27.9 Å². The van der Waals surface area contributed by atoms with Crippen molar-refractivity contribution < 1.29 is 4.74 Å². The Bertz CT molecular complexity index is 511. The second-order valence-corrected chi connectivity index (χ2v) is 5.70. The van der Waals surface area contributed by atoms with Gasteiger partial charge in [0.1, 0.15) is 10.1 Å². The first-order valence-corrected chi connectivity index (χ1v) is 7.03. The number of benzene rings is 1. The zero-order valence-corrected chi connectivity index (χ0v) is 11.4. The molecule has 0 aliphatic heterocycles. The van der Waals surface area contributed by atoms with Crippen molar-refractivity contribution in [3.8, 4) is 5.75 Å². The van der Waals surface area contributed by atoms with E-state index < -0.39 is 0 Å². The number of anilines is 1. The van der Waals surface area contributed by atoms with Crippen LogP contribution in [0.2, 0.25) is 0 Å². The highest BCUT2D eigenvalue weighted by Crippen LogP contribution is 2.30. The molecule has 17 heavy (non-hydrogen) atoms. The molecule has 90 valence electrons. The predicted molar refractivity (Wildman–Crippen MR) is 73.8 cm³/mol. The van der Waals surface area contributed by atoms with Crippen molar-refractivity contribution in [2.45, 2.75) is 17.0 Å². The van der Waals surface area contributed by atoms with Gasteiger partial charge in [-0.05, 0) is 13.0 Å². The summed E-state index contributed by atoms with van der Waals surface area (Å²) in [5.41, 5.74) is 8.65. The lowest BCUT2D eigenvalue weighted by Crippen LogP contribution is -1.93. The Labute approximate surface area is 109 Å². The van der Waals surface area contributed by atoms with E-state index in [4.69, 9.17) is 10.5 Å². The van der Waals surface area contributed by atoms with Crippen molar-refractivity contribution in [3.05, 3.63) is 34.8 Å². The van der Waals surface area contributed by atoms with Crippen LogP contribution >= 0.6 is 23.1 Å². The molecule has 0 bridgehead atoms. The number of nitrogens with two attached hydrogens (primary N) is 1. The van der Waals surface area contributed by atoms with Gasteiger partial charge in [0, 0.05) is 34.1 Å². The number of rotatable bonds is 4. The van der Waals surface area contributed by atoms with Gasteiger partial charge < -0.3 is 10.5 Å². The lowest BCUT2D eigenvalue weighted by Gasteiger charge is -2.08. The SMILES string of the molecule is COc1cc(N)ccc1CSc1nc(C)cs1. The number of nitrogens with zero attached hydrogens (tertiary/aromatic N) is 1. The van der Waals surface area contributed by atoms with Gasteiger partial charge in [-0.3, -0.25) is 0 Å². The normalized spacial score (nSPS) is 10.5. The predicted octanol–water partition coefficient (Wildman–Crippen LogP) is 3.33. The van der Waals surface area contributed by atoms with E-state index in [1.807, 2.05) is 25.1 Å². The van der Waals surface area contributed by atoms with E-state index in [9.17, 15) is 0 Å². The second kappa shape index (κ2) is 5.42. The van der Waals surface area contributed by atoms with Crippen molar-refractivity contribution >= 4 is 28.8 Å². The van der Waals surface area contributed by atoms with Crippen LogP contribution in [0.3, 0.4) is 0 Å². The number of ether oxygens (including phenoxy) is 1. The zero-order valence-electron chi connectivity index (χ0n) is 9.77. The highest BCUT2D eigenvalue weighted by molar-refractivity contribution is 8.00. The fourth-order valence-corrected chi connectivity index (χ4v) is 3.26. The van der Waals surface area contributed by atoms with E-state index in [0.29, 0.717) is 0 Å². The summed E-state index contributed by atoms with van der Waals surface area (Å²) in [6, 6.07) is 5.75. The average Bonchev–Trinajstić information content (AvgIpc) is 2.73. The summed E-state index contributed by atoms with van der Waals surface area (Å²) in [7, 11) is 1.66. The van der Waals surface area contributed by atoms with Crippen molar-refractivity contribution in [1.82, 2.24) is 4.98 Å². The minimum atomic E-state index is 0.723. The Morgan fingerprint density at radius 2 is 2.29 bits per heavy atom. The second-order valence-electron chi connectivity index (χ2n) is 3.61. The Morgan fingerprint density at radius 3 is 2.94 bits per heavy atom. The Morgan fingerprint density at radius 1 is 1.47 bits per heavy atom. The lowest BCUT2D eigenvalue weighted by molar-refractivity contribution is 0.411. The summed E-state index contributed by atoms with van der Waals surface area (Å²) >= 11 is 3.39. The van der Waals surface area contributed by atoms with E-state index in [1.54, 1.807) is 30.2 Å². The Balaban J connectivity index is 2.08. The molecule has 0 spiro atoms. The maximum atomic E-state index is 5.72. The van der Waals surface area contributed by atoms with Crippen LogP contribution in [0.4, 0.5) is 5.69 Å². The number of aromatic nitrogens is 1. The third-order valence-electron chi connectivity index (χ3n) is 2.26. The number of hydrogen-bond acceptors (Lipinski definition) is 5. The number of thioether (sulfide) groups is 1. The van der Waals surface area contributed by atoms with Crippen molar-refractivity contribution in [3.63, 3.8) is 0 Å². The maximum absolute atomic E-state index is 5.72. The van der Waals surface area contributed by atoms with E-state index in [-0.39, 0.29) is 0 Å². The topological polar surface area (TPSA) is 48.1 Å².